The fraction of sp³-hybridized carbons (Fsp3) is 1.00. The number of aliphatic hydroxyl groups excluding tert-OH is 2. The molecule has 0 aliphatic heterocycles. The molecule has 0 aromatic rings. The zero-order valence-electron chi connectivity index (χ0n) is 14.2. The molecule has 0 aromatic heterocycles. The summed E-state index contributed by atoms with van der Waals surface area (Å²) < 4.78 is 192. The molecule has 0 spiro atoms. The molecule has 1 unspecified atom stereocenters. The summed E-state index contributed by atoms with van der Waals surface area (Å²) in [6, 6.07) is 0. The van der Waals surface area contributed by atoms with Gasteiger partial charge in [-0.05, 0) is 6.92 Å². The van der Waals surface area contributed by atoms with E-state index in [1.165, 1.54) is 6.92 Å². The van der Waals surface area contributed by atoms with Crippen molar-refractivity contribution in [2.75, 3.05) is 6.61 Å². The van der Waals surface area contributed by atoms with Gasteiger partial charge in [0.05, 0.1) is 12.7 Å². The van der Waals surface area contributed by atoms with Crippen LogP contribution in [0, 0.1) is 0 Å². The van der Waals surface area contributed by atoms with Crippen molar-refractivity contribution in [3.63, 3.8) is 0 Å². The van der Waals surface area contributed by atoms with Crippen molar-refractivity contribution in [3.05, 3.63) is 0 Å². The van der Waals surface area contributed by atoms with Crippen molar-refractivity contribution in [2.24, 2.45) is 0 Å². The Labute approximate surface area is 165 Å². The van der Waals surface area contributed by atoms with Crippen molar-refractivity contribution in [2.45, 2.75) is 48.2 Å². The number of halogens is 12. The second-order valence-corrected chi connectivity index (χ2v) is 7.99. The molecule has 0 rings (SSSR count). The van der Waals surface area contributed by atoms with E-state index in [-0.39, 0.29) is 6.61 Å². The number of alkyl halides is 12. The maximum Gasteiger partial charge on any atom is 0.416 e. The molecular weight excluding hydrogens is 528 g/mol. The first-order valence-electron chi connectivity index (χ1n) is 6.49. The Morgan fingerprint density at radius 1 is 0.613 bits per heavy atom. The molecule has 1 atom stereocenters. The minimum absolute atomic E-state index is 0.139. The average Bonchev–Trinajstić information content (AvgIpc) is 2.27. The van der Waals surface area contributed by atoms with E-state index < -0.39 is 61.5 Å². The van der Waals surface area contributed by atoms with Gasteiger partial charge < -0.3 is 10.2 Å². The summed E-state index contributed by atoms with van der Waals surface area (Å²) >= 11 is 0. The van der Waals surface area contributed by atoms with Crippen molar-refractivity contribution in [3.8, 4) is 0 Å². The van der Waals surface area contributed by atoms with Gasteiger partial charge in [0.15, 0.2) is 0 Å². The van der Waals surface area contributed by atoms with E-state index >= 15 is 0 Å². The molecule has 0 radical (unpaired) electrons. The predicted octanol–water partition coefficient (Wildman–Crippen LogP) is 2.09. The summed E-state index contributed by atoms with van der Waals surface area (Å²) in [5.74, 6) is 0. The van der Waals surface area contributed by atoms with E-state index in [1.54, 1.807) is 0 Å². The molecule has 0 saturated carbocycles. The van der Waals surface area contributed by atoms with Crippen LogP contribution in [0.3, 0.4) is 0 Å². The Morgan fingerprint density at radius 2 is 0.742 bits per heavy atom. The summed E-state index contributed by atoms with van der Waals surface area (Å²) in [6.07, 6.45) is -24.9. The Hall–Kier alpha value is -1.10. The lowest BCUT2D eigenvalue weighted by Crippen LogP contribution is -2.47. The smallest absolute Gasteiger partial charge is 0.394 e. The first kappa shape index (κ1) is 34.5. The summed E-state index contributed by atoms with van der Waals surface area (Å²) in [6.45, 7) is 1.39. The molecule has 0 aliphatic rings. The lowest BCUT2D eigenvalue weighted by molar-refractivity contribution is -0.229. The summed E-state index contributed by atoms with van der Waals surface area (Å²) in [7, 11) is -12.5. The van der Waals surface area contributed by atoms with Crippen LogP contribution in [0.2, 0.25) is 0 Å². The lowest BCUT2D eigenvalue weighted by atomic mass is 10.4. The maximum atomic E-state index is 11.5. The van der Waals surface area contributed by atoms with Gasteiger partial charge in [-0.3, -0.25) is 9.11 Å². The van der Waals surface area contributed by atoms with Crippen molar-refractivity contribution in [1.82, 2.24) is 0 Å². The summed E-state index contributed by atoms with van der Waals surface area (Å²) in [4.78, 5) is 0. The summed E-state index contributed by atoms with van der Waals surface area (Å²) in [5.41, 5.74) is 0. The largest absolute Gasteiger partial charge is 0.416 e. The molecular formula is C9H12F12O8S2. The third kappa shape index (κ3) is 15.4. The highest BCUT2D eigenvalue weighted by atomic mass is 32.2. The molecule has 0 aliphatic carbocycles. The van der Waals surface area contributed by atoms with Gasteiger partial charge in [0.25, 0.3) is 30.7 Å². The fourth-order valence-electron chi connectivity index (χ4n) is 1.05. The molecule has 192 valence electrons. The zero-order valence-corrected chi connectivity index (χ0v) is 15.8. The third-order valence-corrected chi connectivity index (χ3v) is 4.31. The van der Waals surface area contributed by atoms with Crippen LogP contribution in [0.25, 0.3) is 0 Å². The van der Waals surface area contributed by atoms with Gasteiger partial charge in [-0.15, -0.1) is 0 Å². The molecule has 0 saturated heterocycles. The van der Waals surface area contributed by atoms with Crippen molar-refractivity contribution in [1.29, 1.82) is 0 Å². The first-order chi connectivity index (χ1) is 13.0. The van der Waals surface area contributed by atoms with Crippen LogP contribution in [-0.2, 0) is 20.2 Å². The van der Waals surface area contributed by atoms with Gasteiger partial charge in [0.2, 0.25) is 0 Å². The molecule has 0 heterocycles. The first-order valence-corrected chi connectivity index (χ1v) is 9.49. The van der Waals surface area contributed by atoms with Crippen LogP contribution >= 0.6 is 0 Å². The Balaban J connectivity index is -0.000000416. The highest BCUT2D eigenvalue weighted by molar-refractivity contribution is 7.86. The average molecular weight is 540 g/mol. The predicted molar refractivity (Wildman–Crippen MR) is 73.7 cm³/mol. The summed E-state index contributed by atoms with van der Waals surface area (Å²) in [5, 5.41) is 6.52. The normalized spacial score (nSPS) is 15.1. The minimum atomic E-state index is -6.23. The quantitative estimate of drug-likeness (QED) is 0.314. The molecule has 8 nitrogen and oxygen atoms in total. The topological polar surface area (TPSA) is 149 Å². The van der Waals surface area contributed by atoms with E-state index in [4.69, 9.17) is 19.3 Å². The standard InChI is InChI=1S/2C3H2F6O3S.C3H8O2/c2*4-2(5,6)1(3(7,8)9)13(10,11)12;1-3(5)2-4/h2*1H,(H,10,11,12);3-5H,2H2,1H3. The second-order valence-electron chi connectivity index (χ2n) is 4.99. The van der Waals surface area contributed by atoms with Crippen molar-refractivity contribution >= 4 is 20.2 Å². The van der Waals surface area contributed by atoms with Crippen LogP contribution in [0.15, 0.2) is 0 Å². The number of hydrogen-bond acceptors (Lipinski definition) is 6. The van der Waals surface area contributed by atoms with Gasteiger partial charge in [0, 0.05) is 0 Å². The Bertz CT molecular complexity index is 644. The van der Waals surface area contributed by atoms with Crippen LogP contribution in [0.1, 0.15) is 6.92 Å². The lowest BCUT2D eigenvalue weighted by Gasteiger charge is -2.19. The van der Waals surface area contributed by atoms with Gasteiger partial charge in [0.1, 0.15) is 0 Å². The van der Waals surface area contributed by atoms with E-state index in [2.05, 4.69) is 0 Å². The molecule has 22 heteroatoms. The van der Waals surface area contributed by atoms with Gasteiger partial charge in [-0.25, -0.2) is 0 Å². The number of hydrogen-bond donors (Lipinski definition) is 4. The number of rotatable bonds is 3. The van der Waals surface area contributed by atoms with Crippen LogP contribution < -0.4 is 0 Å². The monoisotopic (exact) mass is 540 g/mol. The Morgan fingerprint density at radius 3 is 0.742 bits per heavy atom. The van der Waals surface area contributed by atoms with Gasteiger partial charge in [-0.1, -0.05) is 0 Å². The zero-order chi connectivity index (χ0) is 26.4. The van der Waals surface area contributed by atoms with Gasteiger partial charge >= 0.3 is 24.7 Å². The highest BCUT2D eigenvalue weighted by Crippen LogP contribution is 2.38. The molecule has 4 N–H and O–H groups in total. The molecule has 0 aromatic carbocycles. The molecule has 0 amide bonds. The maximum absolute atomic E-state index is 11.5. The van der Waals surface area contributed by atoms with E-state index in [0.717, 1.165) is 0 Å². The van der Waals surface area contributed by atoms with Crippen LogP contribution in [0.5, 0.6) is 0 Å². The van der Waals surface area contributed by atoms with E-state index in [9.17, 15) is 69.5 Å². The molecule has 31 heavy (non-hydrogen) atoms. The van der Waals surface area contributed by atoms with E-state index in [1.807, 2.05) is 0 Å². The van der Waals surface area contributed by atoms with E-state index in [0.29, 0.717) is 0 Å². The van der Waals surface area contributed by atoms with Crippen LogP contribution in [-0.4, -0.2) is 84.1 Å². The third-order valence-electron chi connectivity index (χ3n) is 2.05. The number of aliphatic hydroxyl groups is 2. The molecule has 0 fully saturated rings. The van der Waals surface area contributed by atoms with Crippen LogP contribution in [0.4, 0.5) is 52.7 Å². The SMILES string of the molecule is CC(O)CO.O=S(=O)(O)C(C(F)(F)F)C(F)(F)F.O=S(=O)(O)C(C(F)(F)F)C(F)(F)F. The Kier molecular flexibility index (Phi) is 12.4. The highest BCUT2D eigenvalue weighted by Gasteiger charge is 2.65. The minimum Gasteiger partial charge on any atom is -0.394 e. The van der Waals surface area contributed by atoms with Crippen molar-refractivity contribution < 1.29 is 88.8 Å². The second kappa shape index (κ2) is 11.2. The molecule has 0 bridgehead atoms. The fourth-order valence-corrected chi connectivity index (χ4v) is 2.40. The van der Waals surface area contributed by atoms with Gasteiger partial charge in [-0.2, -0.15) is 69.5 Å².